The zero-order chi connectivity index (χ0) is 19.3. The van der Waals surface area contributed by atoms with Gasteiger partial charge in [0.15, 0.2) is 10.9 Å². The molecule has 26 heavy (non-hydrogen) atoms. The average molecular weight is 402 g/mol. The van der Waals surface area contributed by atoms with Gasteiger partial charge in [-0.1, -0.05) is 11.8 Å². The molecule has 2 aliphatic rings. The number of aromatic nitrogens is 2. The van der Waals surface area contributed by atoms with Crippen LogP contribution in [0.4, 0.5) is 5.82 Å². The van der Waals surface area contributed by atoms with Crippen molar-refractivity contribution in [3.8, 4) is 0 Å². The molecular formula is C17H27N3O4S2. The molecule has 0 aromatic carbocycles. The first-order chi connectivity index (χ1) is 12.0. The van der Waals surface area contributed by atoms with Gasteiger partial charge in [-0.15, -0.1) is 0 Å². The summed E-state index contributed by atoms with van der Waals surface area (Å²) in [5.41, 5.74) is 1.92. The molecule has 4 unspecified atom stereocenters. The number of anilines is 1. The molecule has 1 aliphatic heterocycles. The summed E-state index contributed by atoms with van der Waals surface area (Å²) in [4.78, 5) is 9.05. The maximum absolute atomic E-state index is 11.8. The van der Waals surface area contributed by atoms with Crippen LogP contribution in [0.3, 0.4) is 0 Å². The number of thioether (sulfide) groups is 1. The standard InChI is InChI=1S/C17H27N3O4S2/c1-9-10(2)18-16(25-5)20-15(9)19-12-7-11(8-26(6,21)22)13-14(12)24-17(3,4)23-13/h11-14H,7-8H2,1-6H3,(H,18,19,20). The van der Waals surface area contributed by atoms with Crippen molar-refractivity contribution < 1.29 is 17.9 Å². The minimum Gasteiger partial charge on any atom is -0.364 e. The Morgan fingerprint density at radius 3 is 2.50 bits per heavy atom. The minimum atomic E-state index is -3.10. The van der Waals surface area contributed by atoms with Crippen LogP contribution in [0.5, 0.6) is 0 Å². The van der Waals surface area contributed by atoms with E-state index in [1.807, 2.05) is 34.0 Å². The van der Waals surface area contributed by atoms with Crippen LogP contribution in [0.2, 0.25) is 0 Å². The molecule has 2 heterocycles. The highest BCUT2D eigenvalue weighted by Gasteiger charge is 2.54. The topological polar surface area (TPSA) is 90.4 Å². The number of ether oxygens (including phenoxy) is 2. The largest absolute Gasteiger partial charge is 0.364 e. The van der Waals surface area contributed by atoms with Crippen molar-refractivity contribution in [2.75, 3.05) is 23.6 Å². The van der Waals surface area contributed by atoms with Gasteiger partial charge in [0.25, 0.3) is 0 Å². The molecule has 1 saturated heterocycles. The SMILES string of the molecule is CSc1nc(C)c(C)c(NC2CC(CS(C)(=O)=O)C3OC(C)(C)OC23)n1. The van der Waals surface area contributed by atoms with Crippen LogP contribution in [0, 0.1) is 19.8 Å². The zero-order valence-corrected chi connectivity index (χ0v) is 17.7. The summed E-state index contributed by atoms with van der Waals surface area (Å²) < 4.78 is 35.8. The summed E-state index contributed by atoms with van der Waals surface area (Å²) in [7, 11) is -3.10. The highest BCUT2D eigenvalue weighted by molar-refractivity contribution is 7.98. The molecule has 1 aromatic heterocycles. The second-order valence-corrected chi connectivity index (χ2v) is 10.6. The Morgan fingerprint density at radius 2 is 1.88 bits per heavy atom. The van der Waals surface area contributed by atoms with E-state index in [9.17, 15) is 8.42 Å². The van der Waals surface area contributed by atoms with Gasteiger partial charge in [0.05, 0.1) is 17.9 Å². The minimum absolute atomic E-state index is 0.0590. The molecule has 0 spiro atoms. The van der Waals surface area contributed by atoms with Crippen LogP contribution in [0.15, 0.2) is 5.16 Å². The van der Waals surface area contributed by atoms with Crippen molar-refractivity contribution in [2.24, 2.45) is 5.92 Å². The lowest BCUT2D eigenvalue weighted by molar-refractivity contribution is -0.156. The van der Waals surface area contributed by atoms with Gasteiger partial charge in [0.2, 0.25) is 0 Å². The lowest BCUT2D eigenvalue weighted by Crippen LogP contribution is -2.35. The molecule has 0 amide bonds. The summed E-state index contributed by atoms with van der Waals surface area (Å²) in [5, 5.41) is 4.20. The van der Waals surface area contributed by atoms with Crippen molar-refractivity contribution in [1.29, 1.82) is 0 Å². The van der Waals surface area contributed by atoms with Crippen LogP contribution in [-0.2, 0) is 19.3 Å². The second kappa shape index (κ2) is 6.92. The van der Waals surface area contributed by atoms with Gasteiger partial charge >= 0.3 is 0 Å². The smallest absolute Gasteiger partial charge is 0.189 e. The summed E-state index contributed by atoms with van der Waals surface area (Å²) in [6.07, 6.45) is 3.43. The van der Waals surface area contributed by atoms with Crippen LogP contribution in [-0.4, -0.2) is 60.7 Å². The molecule has 1 aromatic rings. The highest BCUT2D eigenvalue weighted by atomic mass is 32.2. The lowest BCUT2D eigenvalue weighted by Gasteiger charge is -2.24. The van der Waals surface area contributed by atoms with E-state index in [1.165, 1.54) is 18.0 Å². The molecule has 3 rings (SSSR count). The summed E-state index contributed by atoms with van der Waals surface area (Å²) in [5.74, 6) is 0.0623. The molecule has 1 saturated carbocycles. The molecule has 2 fully saturated rings. The summed E-state index contributed by atoms with van der Waals surface area (Å²) >= 11 is 1.49. The van der Waals surface area contributed by atoms with E-state index in [4.69, 9.17) is 9.47 Å². The number of aryl methyl sites for hydroxylation is 1. The van der Waals surface area contributed by atoms with E-state index in [2.05, 4.69) is 15.3 Å². The predicted molar refractivity (Wildman–Crippen MR) is 102 cm³/mol. The first kappa shape index (κ1) is 19.9. The predicted octanol–water partition coefficient (Wildman–Crippen LogP) is 2.18. The van der Waals surface area contributed by atoms with Crippen molar-refractivity contribution in [3.63, 3.8) is 0 Å². The quantitative estimate of drug-likeness (QED) is 0.593. The average Bonchev–Trinajstić information content (AvgIpc) is 2.97. The number of sulfone groups is 1. The van der Waals surface area contributed by atoms with E-state index in [-0.39, 0.29) is 29.9 Å². The van der Waals surface area contributed by atoms with Crippen LogP contribution in [0.1, 0.15) is 31.5 Å². The van der Waals surface area contributed by atoms with Gasteiger partial charge < -0.3 is 14.8 Å². The lowest BCUT2D eigenvalue weighted by atomic mass is 10.1. The third-order valence-electron chi connectivity index (χ3n) is 4.97. The fraction of sp³-hybridized carbons (Fsp3) is 0.765. The highest BCUT2D eigenvalue weighted by Crippen LogP contribution is 2.43. The first-order valence-electron chi connectivity index (χ1n) is 8.68. The molecular weight excluding hydrogens is 374 g/mol. The molecule has 0 radical (unpaired) electrons. The first-order valence-corrected chi connectivity index (χ1v) is 12.0. The maximum atomic E-state index is 11.8. The van der Waals surface area contributed by atoms with E-state index in [1.54, 1.807) is 0 Å². The second-order valence-electron chi connectivity index (χ2n) is 7.67. The number of fused-ring (bicyclic) bond motifs is 1. The van der Waals surface area contributed by atoms with Crippen molar-refractivity contribution >= 4 is 27.4 Å². The van der Waals surface area contributed by atoms with Crippen LogP contribution < -0.4 is 5.32 Å². The molecule has 146 valence electrons. The fourth-order valence-corrected chi connectivity index (χ4v) is 5.31. The van der Waals surface area contributed by atoms with Gasteiger partial charge in [-0.25, -0.2) is 18.4 Å². The van der Waals surface area contributed by atoms with Gasteiger partial charge in [-0.3, -0.25) is 0 Å². The van der Waals surface area contributed by atoms with Crippen molar-refractivity contribution in [3.05, 3.63) is 11.3 Å². The Balaban J connectivity index is 1.87. The Bertz CT molecular complexity index is 797. The number of hydrogen-bond donors (Lipinski definition) is 1. The third kappa shape index (κ3) is 4.16. The Morgan fingerprint density at radius 1 is 1.23 bits per heavy atom. The fourth-order valence-electron chi connectivity index (χ4n) is 3.79. The van der Waals surface area contributed by atoms with Gasteiger partial charge in [-0.05, 0) is 40.4 Å². The number of rotatable bonds is 5. The van der Waals surface area contributed by atoms with E-state index >= 15 is 0 Å². The monoisotopic (exact) mass is 401 g/mol. The Hall–Kier alpha value is -0.900. The van der Waals surface area contributed by atoms with E-state index in [0.717, 1.165) is 17.1 Å². The van der Waals surface area contributed by atoms with Crippen LogP contribution in [0.25, 0.3) is 0 Å². The van der Waals surface area contributed by atoms with Crippen molar-refractivity contribution in [2.45, 2.75) is 63.3 Å². The third-order valence-corrected chi connectivity index (χ3v) is 6.55. The summed E-state index contributed by atoms with van der Waals surface area (Å²) in [6, 6.07) is -0.0590. The van der Waals surface area contributed by atoms with Gasteiger partial charge in [0.1, 0.15) is 21.8 Å². The normalized spacial score (nSPS) is 30.4. The molecule has 7 nitrogen and oxygen atoms in total. The Labute approximate surface area is 159 Å². The molecule has 4 atom stereocenters. The van der Waals surface area contributed by atoms with Gasteiger partial charge in [0, 0.05) is 23.4 Å². The molecule has 0 bridgehead atoms. The number of nitrogens with one attached hydrogen (secondary N) is 1. The molecule has 9 heteroatoms. The van der Waals surface area contributed by atoms with Gasteiger partial charge in [-0.2, -0.15) is 0 Å². The Kier molecular flexibility index (Phi) is 5.29. The molecule has 1 aliphatic carbocycles. The summed E-state index contributed by atoms with van der Waals surface area (Å²) in [6.45, 7) is 7.68. The molecule has 1 N–H and O–H groups in total. The van der Waals surface area contributed by atoms with Crippen LogP contribution >= 0.6 is 11.8 Å². The van der Waals surface area contributed by atoms with E-state index in [0.29, 0.717) is 11.6 Å². The van der Waals surface area contributed by atoms with E-state index < -0.39 is 15.6 Å². The zero-order valence-electron chi connectivity index (χ0n) is 16.1. The number of nitrogens with zero attached hydrogens (tertiary/aromatic N) is 2. The maximum Gasteiger partial charge on any atom is 0.189 e. The van der Waals surface area contributed by atoms with Crippen molar-refractivity contribution in [1.82, 2.24) is 9.97 Å². The number of hydrogen-bond acceptors (Lipinski definition) is 8.